The second-order valence-electron chi connectivity index (χ2n) is 17.6. The van der Waals surface area contributed by atoms with Gasteiger partial charge in [0.1, 0.15) is 19.8 Å². The standard InChI is InChI=1S/C30H23F3N2O6.C21H25NO7.C9H9NO3.2C2H6/c1-17-14-19(34-27(36)22-7-3-2-6-18(22)16-41-40)10-12-21(17)23-13-11-20(15-26(23)30(31,32)33)35-28(37)24-8-4-5-9-25(24)29(38)39;1-15-11-17(21(24)28-10-9-27-8-7-26-2)13-18(12-15)22-20(23)19-6-4-3-5-16(19)14-29-25;1-10-8(11)6-4-2-3-5-7(6)9(12)13;2*1-2/h2-15,40H,16H2,1H3,(H,34,36)(H,35,37)(H,38,39);3-6,11-13,25H,7-10,14H2,1-2H3,(H,22,23);2-5H,1H3,(H,10,11)(H,12,13);2*1-2H3. The number of aromatic carboxylic acids is 2. The van der Waals surface area contributed by atoms with Crippen molar-refractivity contribution in [1.82, 2.24) is 5.32 Å². The minimum Gasteiger partial charge on any atom is -0.478 e. The Morgan fingerprint density at radius 2 is 0.908 bits per heavy atom. The maximum atomic E-state index is 14.1. The predicted molar refractivity (Wildman–Crippen MR) is 320 cm³/mol. The van der Waals surface area contributed by atoms with E-state index in [0.29, 0.717) is 52.4 Å². The number of alkyl halides is 3. The molecule has 0 heterocycles. The van der Waals surface area contributed by atoms with Crippen LogP contribution in [0.25, 0.3) is 11.1 Å². The molecule has 0 fully saturated rings. The van der Waals surface area contributed by atoms with Crippen molar-refractivity contribution in [1.29, 1.82) is 0 Å². The number of hydrogen-bond acceptors (Lipinski definition) is 14. The summed E-state index contributed by atoms with van der Waals surface area (Å²) in [7, 11) is 3.04. The first kappa shape index (κ1) is 71.6. The van der Waals surface area contributed by atoms with Crippen molar-refractivity contribution in [3.05, 3.63) is 218 Å². The molecule has 462 valence electrons. The largest absolute Gasteiger partial charge is 0.478 e. The molecule has 7 aromatic carbocycles. The quantitative estimate of drug-likeness (QED) is 0.0144. The second-order valence-corrected chi connectivity index (χ2v) is 17.6. The van der Waals surface area contributed by atoms with Crippen molar-refractivity contribution in [2.45, 2.75) is 60.9 Å². The Balaban J connectivity index is 0.000000372. The summed E-state index contributed by atoms with van der Waals surface area (Å²) in [4.78, 5) is 91.9. The van der Waals surface area contributed by atoms with Gasteiger partial charge < -0.3 is 45.7 Å². The molecule has 7 aromatic rings. The summed E-state index contributed by atoms with van der Waals surface area (Å²) in [5.74, 6) is -5.09. The van der Waals surface area contributed by atoms with E-state index in [-0.39, 0.29) is 77.0 Å². The molecule has 0 spiro atoms. The Kier molecular flexibility index (Phi) is 30.4. The van der Waals surface area contributed by atoms with E-state index in [1.54, 1.807) is 92.9 Å². The van der Waals surface area contributed by atoms with Crippen LogP contribution < -0.4 is 21.3 Å². The van der Waals surface area contributed by atoms with Crippen molar-refractivity contribution < 1.29 is 91.4 Å². The number of benzene rings is 7. The minimum atomic E-state index is -4.78. The summed E-state index contributed by atoms with van der Waals surface area (Å²) in [6.07, 6.45) is -4.78. The lowest BCUT2D eigenvalue weighted by Crippen LogP contribution is -2.20. The van der Waals surface area contributed by atoms with Crippen LogP contribution in [0.1, 0.15) is 128 Å². The number of methoxy groups -OCH3 is 1. The molecule has 0 bridgehead atoms. The van der Waals surface area contributed by atoms with Crippen molar-refractivity contribution in [2.75, 3.05) is 56.5 Å². The SMILES string of the molecule is CC.CC.CNC(=O)c1ccccc1C(=O)O.COCCOCCOC(=O)c1cc(C)cc(NC(=O)c2ccccc2COO)c1.Cc1cc(NC(=O)c2ccccc2COO)ccc1-c1ccc(NC(=O)c2ccccc2C(=O)O)cc1C(F)(F)F. The fourth-order valence-corrected chi connectivity index (χ4v) is 7.97. The van der Waals surface area contributed by atoms with Crippen LogP contribution in [0.5, 0.6) is 0 Å². The normalized spacial score (nSPS) is 10.3. The summed E-state index contributed by atoms with van der Waals surface area (Å²) in [6, 6.07) is 37.3. The van der Waals surface area contributed by atoms with Gasteiger partial charge in [0.15, 0.2) is 0 Å². The number of amides is 4. The Hall–Kier alpha value is -9.62. The van der Waals surface area contributed by atoms with Crippen molar-refractivity contribution >= 4 is 58.6 Å². The van der Waals surface area contributed by atoms with Gasteiger partial charge >= 0.3 is 24.1 Å². The van der Waals surface area contributed by atoms with E-state index in [1.165, 1.54) is 73.8 Å². The van der Waals surface area contributed by atoms with Gasteiger partial charge in [-0.2, -0.15) is 13.2 Å². The van der Waals surface area contributed by atoms with Crippen molar-refractivity contribution in [3.8, 4) is 11.1 Å². The van der Waals surface area contributed by atoms with E-state index in [4.69, 9.17) is 29.8 Å². The molecule has 87 heavy (non-hydrogen) atoms. The molecule has 23 heteroatoms. The van der Waals surface area contributed by atoms with Gasteiger partial charge in [-0.25, -0.2) is 24.2 Å². The maximum absolute atomic E-state index is 14.1. The van der Waals surface area contributed by atoms with Crippen LogP contribution in [-0.2, 0) is 43.4 Å². The van der Waals surface area contributed by atoms with E-state index >= 15 is 0 Å². The fraction of sp³-hybridized carbons (Fsp3) is 0.234. The zero-order valence-corrected chi connectivity index (χ0v) is 49.0. The van der Waals surface area contributed by atoms with E-state index in [2.05, 4.69) is 31.0 Å². The number of halogens is 3. The molecule has 0 unspecified atom stereocenters. The van der Waals surface area contributed by atoms with Crippen LogP contribution in [-0.4, -0.2) is 103 Å². The lowest BCUT2D eigenvalue weighted by Gasteiger charge is -2.18. The average Bonchev–Trinajstić information content (AvgIpc) is 1.25. The molecule has 0 aromatic heterocycles. The molecule has 8 N–H and O–H groups in total. The number of carbonyl (C=O) groups excluding carboxylic acids is 5. The van der Waals surface area contributed by atoms with Crippen molar-refractivity contribution in [2.24, 2.45) is 0 Å². The number of carbonyl (C=O) groups is 7. The first-order valence-corrected chi connectivity index (χ1v) is 26.9. The zero-order chi connectivity index (χ0) is 64.6. The van der Waals surface area contributed by atoms with E-state index < -0.39 is 47.4 Å². The molecule has 20 nitrogen and oxygen atoms in total. The highest BCUT2D eigenvalue weighted by atomic mass is 19.4. The Bertz CT molecular complexity index is 3450. The minimum absolute atomic E-state index is 0.0156. The van der Waals surface area contributed by atoms with Gasteiger partial charge in [0, 0.05) is 42.3 Å². The van der Waals surface area contributed by atoms with Crippen LogP contribution in [0.3, 0.4) is 0 Å². The highest BCUT2D eigenvalue weighted by molar-refractivity contribution is 6.11. The number of hydrogen-bond donors (Lipinski definition) is 8. The molecule has 0 saturated heterocycles. The van der Waals surface area contributed by atoms with Crippen LogP contribution >= 0.6 is 0 Å². The highest BCUT2D eigenvalue weighted by Crippen LogP contribution is 2.40. The average molecular weight is 1210 g/mol. The second kappa shape index (κ2) is 36.9. The first-order valence-electron chi connectivity index (χ1n) is 26.9. The van der Waals surface area contributed by atoms with Crippen molar-refractivity contribution in [3.63, 3.8) is 0 Å². The van der Waals surface area contributed by atoms with Gasteiger partial charge in [0.05, 0.1) is 53.2 Å². The zero-order valence-electron chi connectivity index (χ0n) is 49.0. The fourth-order valence-electron chi connectivity index (χ4n) is 7.97. The number of anilines is 3. The molecular weight excluding hydrogens is 1140 g/mol. The van der Waals surface area contributed by atoms with Crippen LogP contribution in [0, 0.1) is 13.8 Å². The number of carboxylic acids is 2. The molecule has 0 radical (unpaired) electrons. The summed E-state index contributed by atoms with van der Waals surface area (Å²) in [5, 5.41) is 45.7. The smallest absolute Gasteiger partial charge is 0.417 e. The first-order chi connectivity index (χ1) is 41.7. The molecule has 4 amide bonds. The Labute approximate surface area is 500 Å². The van der Waals surface area contributed by atoms with Crippen LogP contribution in [0.2, 0.25) is 0 Å². The summed E-state index contributed by atoms with van der Waals surface area (Å²) in [6.45, 7) is 12.4. The van der Waals surface area contributed by atoms with Gasteiger partial charge in [-0.3, -0.25) is 29.7 Å². The number of ether oxygens (including phenoxy) is 3. The number of carboxylic acid groups (broad SMARTS) is 2. The van der Waals surface area contributed by atoms with Gasteiger partial charge in [0.2, 0.25) is 0 Å². The van der Waals surface area contributed by atoms with Crippen LogP contribution in [0.15, 0.2) is 152 Å². The molecule has 0 saturated carbocycles. The maximum Gasteiger partial charge on any atom is 0.417 e. The summed E-state index contributed by atoms with van der Waals surface area (Å²) in [5.41, 5.74) is 2.56. The lowest BCUT2D eigenvalue weighted by molar-refractivity contribution is -0.253. The third-order valence-electron chi connectivity index (χ3n) is 11.8. The summed E-state index contributed by atoms with van der Waals surface area (Å²) < 4.78 is 57.7. The van der Waals surface area contributed by atoms with E-state index in [1.807, 2.05) is 34.6 Å². The number of aryl methyl sites for hydroxylation is 2. The molecule has 7 rings (SSSR count). The predicted octanol–water partition coefficient (Wildman–Crippen LogP) is 12.7. The van der Waals surface area contributed by atoms with Crippen LogP contribution in [0.4, 0.5) is 30.2 Å². The van der Waals surface area contributed by atoms with Gasteiger partial charge in [-0.05, 0) is 126 Å². The Morgan fingerprint density at radius 1 is 0.483 bits per heavy atom. The van der Waals surface area contributed by atoms with Gasteiger partial charge in [0.25, 0.3) is 23.6 Å². The number of nitrogens with one attached hydrogen (secondary N) is 4. The molecular formula is C64H69F3N4O16. The monoisotopic (exact) mass is 1210 g/mol. The van der Waals surface area contributed by atoms with Gasteiger partial charge in [-0.1, -0.05) is 100 Å². The molecule has 0 aliphatic rings. The Morgan fingerprint density at radius 3 is 1.37 bits per heavy atom. The highest BCUT2D eigenvalue weighted by Gasteiger charge is 2.35. The number of esters is 1. The van der Waals surface area contributed by atoms with E-state index in [9.17, 15) is 51.8 Å². The number of rotatable bonds is 21. The molecule has 0 aliphatic carbocycles. The topological polar surface area (TPSA) is 295 Å². The van der Waals surface area contributed by atoms with E-state index in [0.717, 1.165) is 11.6 Å². The molecule has 0 atom stereocenters. The van der Waals surface area contributed by atoms with Gasteiger partial charge in [-0.15, -0.1) is 0 Å². The third kappa shape index (κ3) is 22.1. The summed E-state index contributed by atoms with van der Waals surface area (Å²) >= 11 is 0. The lowest BCUT2D eigenvalue weighted by atomic mass is 9.94. The molecule has 0 aliphatic heterocycles. The third-order valence-corrected chi connectivity index (χ3v) is 11.8.